The summed E-state index contributed by atoms with van der Waals surface area (Å²) in [6.45, 7) is 3.95. The molecule has 1 aliphatic rings. The minimum absolute atomic E-state index is 0.198. The Morgan fingerprint density at radius 1 is 1.29 bits per heavy atom. The van der Waals surface area contributed by atoms with E-state index in [1.807, 2.05) is 6.92 Å². The molecular formula is C16H19N3O4S. The van der Waals surface area contributed by atoms with Crippen molar-refractivity contribution in [1.82, 2.24) is 9.46 Å². The highest BCUT2D eigenvalue weighted by Crippen LogP contribution is 2.27. The topological polar surface area (TPSA) is 92.5 Å². The van der Waals surface area contributed by atoms with Gasteiger partial charge < -0.3 is 4.52 Å². The highest BCUT2D eigenvalue weighted by atomic mass is 32.2. The second-order valence-corrected chi connectivity index (χ2v) is 7.80. The van der Waals surface area contributed by atoms with Crippen molar-refractivity contribution in [3.8, 4) is 0 Å². The van der Waals surface area contributed by atoms with Gasteiger partial charge >= 0.3 is 0 Å². The monoisotopic (exact) mass is 349 g/mol. The van der Waals surface area contributed by atoms with Crippen molar-refractivity contribution in [3.63, 3.8) is 0 Å². The van der Waals surface area contributed by atoms with Gasteiger partial charge in [0.05, 0.1) is 10.6 Å². The summed E-state index contributed by atoms with van der Waals surface area (Å²) in [5, 5.41) is 6.29. The summed E-state index contributed by atoms with van der Waals surface area (Å²) in [7, 11) is -3.71. The van der Waals surface area contributed by atoms with E-state index in [9.17, 15) is 13.2 Å². The average Bonchev–Trinajstić information content (AvgIpc) is 3.17. The molecule has 1 saturated heterocycles. The van der Waals surface area contributed by atoms with Gasteiger partial charge in [0.25, 0.3) is 0 Å². The molecule has 1 atom stereocenters. The number of sulfonamides is 1. The molecule has 1 aromatic heterocycles. The van der Waals surface area contributed by atoms with E-state index in [-0.39, 0.29) is 10.8 Å². The number of anilines is 1. The van der Waals surface area contributed by atoms with Gasteiger partial charge in [-0.25, -0.2) is 8.42 Å². The first kappa shape index (κ1) is 16.7. The maximum Gasteiger partial charge on any atom is 0.245 e. The van der Waals surface area contributed by atoms with Crippen LogP contribution in [0, 0.1) is 13.8 Å². The van der Waals surface area contributed by atoms with Crippen molar-refractivity contribution in [2.75, 3.05) is 11.9 Å². The van der Waals surface area contributed by atoms with E-state index in [0.29, 0.717) is 25.1 Å². The fourth-order valence-corrected chi connectivity index (χ4v) is 4.42. The maximum absolute atomic E-state index is 12.8. The van der Waals surface area contributed by atoms with E-state index in [0.717, 1.165) is 5.56 Å². The highest BCUT2D eigenvalue weighted by molar-refractivity contribution is 7.89. The Labute approximate surface area is 140 Å². The number of hydrogen-bond acceptors (Lipinski definition) is 5. The van der Waals surface area contributed by atoms with Crippen LogP contribution < -0.4 is 5.32 Å². The lowest BCUT2D eigenvalue weighted by atomic mass is 10.2. The minimum Gasteiger partial charge on any atom is -0.338 e. The molecule has 128 valence electrons. The Hall–Kier alpha value is -2.19. The molecule has 2 heterocycles. The number of nitrogens with zero attached hydrogens (tertiary/aromatic N) is 2. The van der Waals surface area contributed by atoms with Gasteiger partial charge in [0.1, 0.15) is 6.04 Å². The first-order chi connectivity index (χ1) is 11.4. The van der Waals surface area contributed by atoms with Gasteiger partial charge in [0, 0.05) is 12.6 Å². The number of aromatic nitrogens is 1. The summed E-state index contributed by atoms with van der Waals surface area (Å²) in [6.07, 6.45) is 1.11. The van der Waals surface area contributed by atoms with Crippen LogP contribution in [-0.4, -0.2) is 36.4 Å². The van der Waals surface area contributed by atoms with Gasteiger partial charge in [-0.15, -0.1) is 0 Å². The zero-order valence-electron chi connectivity index (χ0n) is 13.5. The zero-order valence-corrected chi connectivity index (χ0v) is 14.3. The minimum atomic E-state index is -3.71. The van der Waals surface area contributed by atoms with Crippen molar-refractivity contribution in [1.29, 1.82) is 0 Å². The lowest BCUT2D eigenvalue weighted by Gasteiger charge is -2.23. The molecule has 0 radical (unpaired) electrons. The van der Waals surface area contributed by atoms with Crippen LogP contribution in [0.25, 0.3) is 0 Å². The predicted octanol–water partition coefficient (Wildman–Crippen LogP) is 2.08. The molecule has 0 saturated carbocycles. The third-order valence-electron chi connectivity index (χ3n) is 4.01. The molecule has 1 N–H and O–H groups in total. The predicted molar refractivity (Wildman–Crippen MR) is 88.0 cm³/mol. The van der Waals surface area contributed by atoms with Crippen molar-refractivity contribution in [2.24, 2.45) is 0 Å². The molecule has 1 aliphatic heterocycles. The number of rotatable bonds is 4. The van der Waals surface area contributed by atoms with Crippen molar-refractivity contribution in [3.05, 3.63) is 41.6 Å². The van der Waals surface area contributed by atoms with Crippen LogP contribution in [0.15, 0.2) is 39.8 Å². The van der Waals surface area contributed by atoms with Crippen LogP contribution in [0.3, 0.4) is 0 Å². The standard InChI is InChI=1S/C16H19N3O4S/c1-11-5-7-13(8-6-11)24(21,22)19-9-3-4-14(19)16(20)17-15-10-12(2)18-23-15/h5-8,10,14H,3-4,9H2,1-2H3,(H,17,20). The fraction of sp³-hybridized carbons (Fsp3) is 0.375. The lowest BCUT2D eigenvalue weighted by Crippen LogP contribution is -2.43. The summed E-state index contributed by atoms with van der Waals surface area (Å²) in [5.74, 6) is -0.184. The maximum atomic E-state index is 12.8. The lowest BCUT2D eigenvalue weighted by molar-refractivity contribution is -0.119. The SMILES string of the molecule is Cc1ccc(S(=O)(=O)N2CCCC2C(=O)Nc2cc(C)no2)cc1. The van der Waals surface area contributed by atoms with Crippen molar-refractivity contribution in [2.45, 2.75) is 37.6 Å². The van der Waals surface area contributed by atoms with Gasteiger partial charge in [-0.1, -0.05) is 22.9 Å². The molecule has 1 unspecified atom stereocenters. The molecule has 7 nitrogen and oxygen atoms in total. The molecular weight excluding hydrogens is 330 g/mol. The van der Waals surface area contributed by atoms with E-state index < -0.39 is 22.0 Å². The van der Waals surface area contributed by atoms with Crippen LogP contribution in [0.5, 0.6) is 0 Å². The average molecular weight is 349 g/mol. The molecule has 1 fully saturated rings. The molecule has 0 aliphatic carbocycles. The summed E-state index contributed by atoms with van der Waals surface area (Å²) in [6, 6.07) is 7.47. The highest BCUT2D eigenvalue weighted by Gasteiger charge is 2.39. The van der Waals surface area contributed by atoms with Crippen LogP contribution in [0.2, 0.25) is 0 Å². The number of hydrogen-bond donors (Lipinski definition) is 1. The van der Waals surface area contributed by atoms with E-state index in [4.69, 9.17) is 4.52 Å². The van der Waals surface area contributed by atoms with Gasteiger partial charge in [0.15, 0.2) is 0 Å². The summed E-state index contributed by atoms with van der Waals surface area (Å²) in [5.41, 5.74) is 1.62. The van der Waals surface area contributed by atoms with Gasteiger partial charge in [-0.3, -0.25) is 10.1 Å². The van der Waals surface area contributed by atoms with Crippen molar-refractivity contribution >= 4 is 21.8 Å². The Bertz CT molecular complexity index is 842. The van der Waals surface area contributed by atoms with E-state index in [2.05, 4.69) is 10.5 Å². The van der Waals surface area contributed by atoms with E-state index in [1.54, 1.807) is 37.3 Å². The van der Waals surface area contributed by atoms with Crippen LogP contribution >= 0.6 is 0 Å². The van der Waals surface area contributed by atoms with Gasteiger partial charge in [-0.2, -0.15) is 4.31 Å². The normalized spacial score (nSPS) is 18.7. The fourth-order valence-electron chi connectivity index (χ4n) is 2.76. The smallest absolute Gasteiger partial charge is 0.245 e. The van der Waals surface area contributed by atoms with Gasteiger partial charge in [-0.05, 0) is 38.8 Å². The molecule has 2 aromatic rings. The summed E-state index contributed by atoms with van der Waals surface area (Å²) in [4.78, 5) is 12.7. The van der Waals surface area contributed by atoms with E-state index in [1.165, 1.54) is 4.31 Å². The first-order valence-corrected chi connectivity index (χ1v) is 9.14. The van der Waals surface area contributed by atoms with Crippen LogP contribution in [0.4, 0.5) is 5.88 Å². The Kier molecular flexibility index (Phi) is 4.42. The van der Waals surface area contributed by atoms with Crippen molar-refractivity contribution < 1.29 is 17.7 Å². The third-order valence-corrected chi connectivity index (χ3v) is 5.93. The number of benzene rings is 1. The molecule has 1 aromatic carbocycles. The quantitative estimate of drug-likeness (QED) is 0.912. The Morgan fingerprint density at radius 3 is 2.62 bits per heavy atom. The number of carbonyl (C=O) groups is 1. The molecule has 1 amide bonds. The second kappa shape index (κ2) is 6.37. The summed E-state index contributed by atoms with van der Waals surface area (Å²) < 4.78 is 31.9. The number of amides is 1. The molecule has 8 heteroatoms. The molecule has 3 rings (SSSR count). The Balaban J connectivity index is 1.81. The first-order valence-electron chi connectivity index (χ1n) is 7.70. The van der Waals surface area contributed by atoms with Crippen LogP contribution in [-0.2, 0) is 14.8 Å². The molecule has 24 heavy (non-hydrogen) atoms. The number of aryl methyl sites for hydroxylation is 2. The van der Waals surface area contributed by atoms with E-state index >= 15 is 0 Å². The Morgan fingerprint density at radius 2 is 2.00 bits per heavy atom. The molecule has 0 spiro atoms. The number of carbonyl (C=O) groups excluding carboxylic acids is 1. The molecule has 0 bridgehead atoms. The van der Waals surface area contributed by atoms with Crippen LogP contribution in [0.1, 0.15) is 24.1 Å². The third kappa shape index (κ3) is 3.20. The zero-order chi connectivity index (χ0) is 17.3. The van der Waals surface area contributed by atoms with Gasteiger partial charge in [0.2, 0.25) is 21.8 Å². The second-order valence-electron chi connectivity index (χ2n) is 5.91. The number of nitrogens with one attached hydrogen (secondary N) is 1. The summed E-state index contributed by atoms with van der Waals surface area (Å²) >= 11 is 0. The largest absolute Gasteiger partial charge is 0.338 e.